The zero-order chi connectivity index (χ0) is 19.3. The van der Waals surface area contributed by atoms with Crippen LogP contribution in [0.2, 0.25) is 10.0 Å². The predicted octanol–water partition coefficient (Wildman–Crippen LogP) is 4.18. The summed E-state index contributed by atoms with van der Waals surface area (Å²) in [4.78, 5) is 31.3. The van der Waals surface area contributed by atoms with Crippen LogP contribution in [0.25, 0.3) is 0 Å². The van der Waals surface area contributed by atoms with Crippen molar-refractivity contribution < 1.29 is 9.59 Å². The van der Waals surface area contributed by atoms with Crippen molar-refractivity contribution in [2.75, 3.05) is 10.6 Å². The molecule has 0 aliphatic heterocycles. The molecule has 0 saturated heterocycles. The molecule has 0 radical (unpaired) electrons. The van der Waals surface area contributed by atoms with Crippen LogP contribution in [0, 0.1) is 6.92 Å². The molecule has 1 heterocycles. The molecule has 1 aromatic carbocycles. The molecule has 0 saturated carbocycles. The Hall–Kier alpha value is -2.18. The van der Waals surface area contributed by atoms with Crippen molar-refractivity contribution in [2.45, 2.75) is 40.0 Å². The van der Waals surface area contributed by atoms with Crippen LogP contribution in [0.1, 0.15) is 37.1 Å². The largest absolute Gasteiger partial charge is 0.311 e. The monoisotopic (exact) mass is 394 g/mol. The van der Waals surface area contributed by atoms with E-state index < -0.39 is 0 Å². The van der Waals surface area contributed by atoms with Crippen LogP contribution in [-0.2, 0) is 22.4 Å². The smallest absolute Gasteiger partial charge is 0.231 e. The number of aryl methyl sites for hydroxylation is 2. The number of aromatic nitrogens is 2. The average Bonchev–Trinajstić information content (AvgIpc) is 2.50. The molecule has 0 atom stereocenters. The Morgan fingerprint density at radius 3 is 2.35 bits per heavy atom. The molecule has 0 bridgehead atoms. The lowest BCUT2D eigenvalue weighted by atomic mass is 10.0. The van der Waals surface area contributed by atoms with Crippen LogP contribution in [0.15, 0.2) is 18.2 Å². The minimum absolute atomic E-state index is 0.170. The number of nitrogens with one attached hydrogen (secondary N) is 2. The lowest BCUT2D eigenvalue weighted by Crippen LogP contribution is -2.16. The van der Waals surface area contributed by atoms with Gasteiger partial charge < -0.3 is 5.32 Å². The van der Waals surface area contributed by atoms with Crippen molar-refractivity contribution in [1.82, 2.24) is 9.97 Å². The highest BCUT2D eigenvalue weighted by Gasteiger charge is 2.14. The molecule has 26 heavy (non-hydrogen) atoms. The van der Waals surface area contributed by atoms with Gasteiger partial charge in [0.25, 0.3) is 0 Å². The number of nitrogens with zero attached hydrogens (tertiary/aromatic N) is 2. The standard InChI is InChI=1S/C18H20Cl2N4O2/c1-10-15(6-4-5-13-7-8-14(19)9-16(13)20)17(22-11(2)25)24-18(21-10)23-12(3)26/h7-9H,4-6H2,1-3H3,(H2,21,22,23,24,25,26). The topological polar surface area (TPSA) is 84.0 Å². The average molecular weight is 395 g/mol. The first-order chi connectivity index (χ1) is 12.3. The lowest BCUT2D eigenvalue weighted by Gasteiger charge is -2.14. The Morgan fingerprint density at radius 1 is 1.04 bits per heavy atom. The van der Waals surface area contributed by atoms with E-state index in [1.807, 2.05) is 19.1 Å². The number of hydrogen-bond acceptors (Lipinski definition) is 4. The number of amides is 2. The van der Waals surface area contributed by atoms with Crippen LogP contribution in [0.5, 0.6) is 0 Å². The van der Waals surface area contributed by atoms with Crippen LogP contribution in [0.3, 0.4) is 0 Å². The Balaban J connectivity index is 2.18. The van der Waals surface area contributed by atoms with Gasteiger partial charge in [0.2, 0.25) is 17.8 Å². The predicted molar refractivity (Wildman–Crippen MR) is 104 cm³/mol. The number of halogens is 2. The molecule has 0 unspecified atom stereocenters. The van der Waals surface area contributed by atoms with Crippen LogP contribution in [0.4, 0.5) is 11.8 Å². The molecule has 2 aromatic rings. The van der Waals surface area contributed by atoms with Crippen molar-refractivity contribution in [3.8, 4) is 0 Å². The van der Waals surface area contributed by atoms with E-state index in [1.54, 1.807) is 6.07 Å². The second-order valence-corrected chi connectivity index (χ2v) is 6.76. The molecule has 8 heteroatoms. The van der Waals surface area contributed by atoms with E-state index in [4.69, 9.17) is 23.2 Å². The normalized spacial score (nSPS) is 10.5. The third-order valence-electron chi connectivity index (χ3n) is 3.68. The van der Waals surface area contributed by atoms with E-state index >= 15 is 0 Å². The van der Waals surface area contributed by atoms with Gasteiger partial charge in [-0.15, -0.1) is 0 Å². The summed E-state index contributed by atoms with van der Waals surface area (Å²) in [6.07, 6.45) is 2.20. The fraction of sp³-hybridized carbons (Fsp3) is 0.333. The fourth-order valence-electron chi connectivity index (χ4n) is 2.56. The lowest BCUT2D eigenvalue weighted by molar-refractivity contribution is -0.115. The zero-order valence-corrected chi connectivity index (χ0v) is 16.3. The van der Waals surface area contributed by atoms with Crippen LogP contribution < -0.4 is 10.6 Å². The minimum Gasteiger partial charge on any atom is -0.311 e. The van der Waals surface area contributed by atoms with Crippen molar-refractivity contribution in [1.29, 1.82) is 0 Å². The van der Waals surface area contributed by atoms with Gasteiger partial charge in [-0.2, -0.15) is 4.98 Å². The van der Waals surface area contributed by atoms with Crippen molar-refractivity contribution in [3.05, 3.63) is 45.1 Å². The molecule has 0 aliphatic rings. The summed E-state index contributed by atoms with van der Waals surface area (Å²) in [6, 6.07) is 5.43. The Kier molecular flexibility index (Phi) is 6.94. The second-order valence-electron chi connectivity index (χ2n) is 5.91. The Labute approximate surface area is 162 Å². The van der Waals surface area contributed by atoms with Crippen LogP contribution in [-0.4, -0.2) is 21.8 Å². The van der Waals surface area contributed by atoms with E-state index in [-0.39, 0.29) is 17.8 Å². The number of anilines is 2. The molecule has 6 nitrogen and oxygen atoms in total. The second kappa shape index (κ2) is 8.96. The fourth-order valence-corrected chi connectivity index (χ4v) is 3.06. The van der Waals surface area contributed by atoms with E-state index in [1.165, 1.54) is 13.8 Å². The molecular weight excluding hydrogens is 375 g/mol. The molecule has 2 N–H and O–H groups in total. The number of carbonyl (C=O) groups is 2. The molecule has 0 aliphatic carbocycles. The van der Waals surface area contributed by atoms with E-state index in [2.05, 4.69) is 20.6 Å². The highest BCUT2D eigenvalue weighted by molar-refractivity contribution is 6.35. The molecule has 0 fully saturated rings. The molecule has 2 amide bonds. The highest BCUT2D eigenvalue weighted by Crippen LogP contribution is 2.25. The third-order valence-corrected chi connectivity index (χ3v) is 4.27. The van der Waals surface area contributed by atoms with Gasteiger partial charge in [0, 0.05) is 35.2 Å². The molecule has 2 rings (SSSR count). The Bertz CT molecular complexity index is 840. The summed E-state index contributed by atoms with van der Waals surface area (Å²) in [5, 5.41) is 6.48. The van der Waals surface area contributed by atoms with Gasteiger partial charge in [-0.1, -0.05) is 29.3 Å². The van der Waals surface area contributed by atoms with Gasteiger partial charge in [0.1, 0.15) is 5.82 Å². The highest BCUT2D eigenvalue weighted by atomic mass is 35.5. The summed E-state index contributed by atoms with van der Waals surface area (Å²) < 4.78 is 0. The zero-order valence-electron chi connectivity index (χ0n) is 14.8. The van der Waals surface area contributed by atoms with Gasteiger partial charge in [0.05, 0.1) is 0 Å². The molecule has 1 aromatic heterocycles. The maximum Gasteiger partial charge on any atom is 0.231 e. The Morgan fingerprint density at radius 2 is 1.73 bits per heavy atom. The van der Waals surface area contributed by atoms with Crippen LogP contribution >= 0.6 is 23.2 Å². The number of benzene rings is 1. The SMILES string of the molecule is CC(=O)Nc1nc(C)c(CCCc2ccc(Cl)cc2Cl)c(NC(C)=O)n1. The number of hydrogen-bond donors (Lipinski definition) is 2. The first-order valence-electron chi connectivity index (χ1n) is 8.13. The number of rotatable bonds is 6. The molecule has 138 valence electrons. The van der Waals surface area contributed by atoms with Gasteiger partial charge in [-0.05, 0) is 43.9 Å². The van der Waals surface area contributed by atoms with Gasteiger partial charge in [-0.25, -0.2) is 4.98 Å². The number of carbonyl (C=O) groups excluding carboxylic acids is 2. The molecule has 0 spiro atoms. The minimum atomic E-state index is -0.275. The van der Waals surface area contributed by atoms with Crippen molar-refractivity contribution in [3.63, 3.8) is 0 Å². The van der Waals surface area contributed by atoms with Gasteiger partial charge in [0.15, 0.2) is 0 Å². The maximum atomic E-state index is 11.5. The summed E-state index contributed by atoms with van der Waals surface area (Å²) in [5.41, 5.74) is 2.54. The third kappa shape index (κ3) is 5.68. The van der Waals surface area contributed by atoms with Crippen molar-refractivity contribution in [2.24, 2.45) is 0 Å². The van der Waals surface area contributed by atoms with Crippen molar-refractivity contribution >= 4 is 46.8 Å². The summed E-state index contributed by atoms with van der Waals surface area (Å²) in [6.45, 7) is 4.61. The molecular formula is C18H20Cl2N4O2. The quantitative estimate of drug-likeness (QED) is 0.769. The summed E-state index contributed by atoms with van der Waals surface area (Å²) in [5.74, 6) is 0.0707. The van der Waals surface area contributed by atoms with Gasteiger partial charge in [-0.3, -0.25) is 14.9 Å². The van der Waals surface area contributed by atoms with Gasteiger partial charge >= 0.3 is 0 Å². The van der Waals surface area contributed by atoms with E-state index in [0.29, 0.717) is 28.0 Å². The van der Waals surface area contributed by atoms with E-state index in [9.17, 15) is 9.59 Å². The first-order valence-corrected chi connectivity index (χ1v) is 8.88. The first kappa shape index (κ1) is 20.1. The summed E-state index contributed by atoms with van der Waals surface area (Å²) >= 11 is 12.1. The summed E-state index contributed by atoms with van der Waals surface area (Å²) in [7, 11) is 0. The maximum absolute atomic E-state index is 11.5. The van der Waals surface area contributed by atoms with E-state index in [0.717, 1.165) is 24.0 Å².